The molecule has 0 bridgehead atoms. The zero-order valence-electron chi connectivity index (χ0n) is 15.4. The van der Waals surface area contributed by atoms with Crippen molar-refractivity contribution in [2.45, 2.75) is 44.7 Å². The van der Waals surface area contributed by atoms with E-state index in [2.05, 4.69) is 16.0 Å². The molecule has 8 nitrogen and oxygen atoms in total. The van der Waals surface area contributed by atoms with E-state index in [1.54, 1.807) is 24.3 Å². The maximum Gasteiger partial charge on any atom is 0.319 e. The third kappa shape index (κ3) is 5.43. The first-order valence-electron chi connectivity index (χ1n) is 9.39. The maximum absolute atomic E-state index is 12.2. The molecule has 0 atom stereocenters. The van der Waals surface area contributed by atoms with Crippen molar-refractivity contribution in [2.24, 2.45) is 5.92 Å². The standard InChI is InChI=1S/C19H26N4O4/c1-2-23(11-17(24)25)16-9-15(10-16)22-19(27)21-14-5-3-4-13(8-14)20-18(26)12-6-7-12/h3-5,8,12,15-16H,2,6-7,9-11H2,1H3,(H,20,26)(H,24,25)(H2,21,22,27). The van der Waals surface area contributed by atoms with Gasteiger partial charge in [-0.15, -0.1) is 0 Å². The zero-order chi connectivity index (χ0) is 19.4. The Bertz CT molecular complexity index is 713. The third-order valence-corrected chi connectivity index (χ3v) is 5.05. The number of rotatable bonds is 8. The Hall–Kier alpha value is -2.61. The summed E-state index contributed by atoms with van der Waals surface area (Å²) >= 11 is 0. The quantitative estimate of drug-likeness (QED) is 0.557. The summed E-state index contributed by atoms with van der Waals surface area (Å²) in [5.74, 6) is -0.682. The molecule has 2 fully saturated rings. The Morgan fingerprint density at radius 3 is 2.41 bits per heavy atom. The van der Waals surface area contributed by atoms with Crippen LogP contribution in [0, 0.1) is 5.92 Å². The van der Waals surface area contributed by atoms with E-state index in [1.807, 2.05) is 11.8 Å². The van der Waals surface area contributed by atoms with Crippen molar-refractivity contribution in [2.75, 3.05) is 23.7 Å². The van der Waals surface area contributed by atoms with Crippen LogP contribution in [0.2, 0.25) is 0 Å². The molecule has 4 N–H and O–H groups in total. The highest BCUT2D eigenvalue weighted by molar-refractivity contribution is 5.95. The van der Waals surface area contributed by atoms with E-state index in [-0.39, 0.29) is 36.5 Å². The number of nitrogens with zero attached hydrogens (tertiary/aromatic N) is 1. The topological polar surface area (TPSA) is 111 Å². The Kier molecular flexibility index (Phi) is 5.95. The number of carbonyl (C=O) groups excluding carboxylic acids is 2. The van der Waals surface area contributed by atoms with Gasteiger partial charge in [0, 0.05) is 29.4 Å². The summed E-state index contributed by atoms with van der Waals surface area (Å²) in [4.78, 5) is 36.8. The number of carboxylic acids is 1. The van der Waals surface area contributed by atoms with Crippen LogP contribution in [0.15, 0.2) is 24.3 Å². The molecular formula is C19H26N4O4. The Morgan fingerprint density at radius 1 is 1.15 bits per heavy atom. The normalized spacial score (nSPS) is 21.3. The largest absolute Gasteiger partial charge is 0.480 e. The van der Waals surface area contributed by atoms with Crippen molar-refractivity contribution in [3.8, 4) is 0 Å². The Balaban J connectivity index is 1.43. The summed E-state index contributed by atoms with van der Waals surface area (Å²) < 4.78 is 0. The lowest BCUT2D eigenvalue weighted by Gasteiger charge is -2.42. The van der Waals surface area contributed by atoms with Gasteiger partial charge in [0.25, 0.3) is 0 Å². The molecule has 2 aliphatic carbocycles. The molecule has 1 aromatic rings. The summed E-state index contributed by atoms with van der Waals surface area (Å²) in [5.41, 5.74) is 1.28. The van der Waals surface area contributed by atoms with Gasteiger partial charge in [0.1, 0.15) is 0 Å². The number of carbonyl (C=O) groups is 3. The van der Waals surface area contributed by atoms with Gasteiger partial charge in [-0.2, -0.15) is 0 Å². The van der Waals surface area contributed by atoms with Gasteiger partial charge in [-0.1, -0.05) is 13.0 Å². The molecule has 0 saturated heterocycles. The van der Waals surface area contributed by atoms with Crippen LogP contribution in [-0.4, -0.2) is 53.1 Å². The van der Waals surface area contributed by atoms with Crippen LogP contribution in [0.5, 0.6) is 0 Å². The average Bonchev–Trinajstić information content (AvgIpc) is 3.41. The summed E-state index contributed by atoms with van der Waals surface area (Å²) in [6.07, 6.45) is 3.37. The van der Waals surface area contributed by atoms with Crippen molar-refractivity contribution in [1.29, 1.82) is 0 Å². The van der Waals surface area contributed by atoms with Gasteiger partial charge in [-0.25, -0.2) is 4.79 Å². The number of likely N-dealkylation sites (N-methyl/N-ethyl adjacent to an activating group) is 1. The molecule has 0 aromatic heterocycles. The van der Waals surface area contributed by atoms with Gasteiger partial charge >= 0.3 is 12.0 Å². The van der Waals surface area contributed by atoms with Gasteiger partial charge < -0.3 is 21.1 Å². The second kappa shape index (κ2) is 8.39. The summed E-state index contributed by atoms with van der Waals surface area (Å²) in [5, 5.41) is 17.5. The molecule has 0 heterocycles. The number of benzene rings is 1. The molecule has 3 rings (SSSR count). The summed E-state index contributed by atoms with van der Waals surface area (Å²) in [7, 11) is 0. The van der Waals surface area contributed by atoms with Gasteiger partial charge in [0.05, 0.1) is 6.54 Å². The van der Waals surface area contributed by atoms with Crippen LogP contribution in [0.4, 0.5) is 16.2 Å². The highest BCUT2D eigenvalue weighted by Crippen LogP contribution is 2.30. The first kappa shape index (κ1) is 19.2. The van der Waals surface area contributed by atoms with Gasteiger partial charge in [-0.05, 0) is 50.4 Å². The minimum absolute atomic E-state index is 0.0268. The molecule has 0 unspecified atom stereocenters. The lowest BCUT2D eigenvalue weighted by Crippen LogP contribution is -2.55. The minimum Gasteiger partial charge on any atom is -0.480 e. The summed E-state index contributed by atoms with van der Waals surface area (Å²) in [6, 6.07) is 7.00. The molecule has 2 aliphatic rings. The number of nitrogens with one attached hydrogen (secondary N) is 3. The van der Waals surface area contributed by atoms with Gasteiger partial charge in [-0.3, -0.25) is 14.5 Å². The Labute approximate surface area is 158 Å². The summed E-state index contributed by atoms with van der Waals surface area (Å²) in [6.45, 7) is 2.64. The van der Waals surface area contributed by atoms with Crippen LogP contribution in [0.1, 0.15) is 32.6 Å². The second-order valence-corrected chi connectivity index (χ2v) is 7.22. The van der Waals surface area contributed by atoms with Crippen LogP contribution >= 0.6 is 0 Å². The molecule has 2 saturated carbocycles. The molecule has 0 aliphatic heterocycles. The monoisotopic (exact) mass is 374 g/mol. The highest BCUT2D eigenvalue weighted by Gasteiger charge is 2.34. The van der Waals surface area contributed by atoms with E-state index < -0.39 is 5.97 Å². The predicted molar refractivity (Wildman–Crippen MR) is 102 cm³/mol. The van der Waals surface area contributed by atoms with E-state index in [0.29, 0.717) is 17.9 Å². The third-order valence-electron chi connectivity index (χ3n) is 5.05. The van der Waals surface area contributed by atoms with Crippen LogP contribution in [0.25, 0.3) is 0 Å². The number of urea groups is 1. The zero-order valence-corrected chi connectivity index (χ0v) is 15.4. The van der Waals surface area contributed by atoms with E-state index in [0.717, 1.165) is 25.7 Å². The molecule has 27 heavy (non-hydrogen) atoms. The fraction of sp³-hybridized carbons (Fsp3) is 0.526. The molecular weight excluding hydrogens is 348 g/mol. The van der Waals surface area contributed by atoms with Crippen molar-refractivity contribution >= 4 is 29.3 Å². The number of aliphatic carboxylic acids is 1. The number of amides is 3. The molecule has 146 valence electrons. The first-order chi connectivity index (χ1) is 12.9. The van der Waals surface area contributed by atoms with Crippen LogP contribution < -0.4 is 16.0 Å². The van der Waals surface area contributed by atoms with E-state index in [1.165, 1.54) is 0 Å². The van der Waals surface area contributed by atoms with Crippen molar-refractivity contribution in [3.05, 3.63) is 24.3 Å². The predicted octanol–water partition coefficient (Wildman–Crippen LogP) is 2.09. The number of anilines is 2. The van der Waals surface area contributed by atoms with E-state index >= 15 is 0 Å². The number of hydrogen-bond acceptors (Lipinski definition) is 4. The molecule has 1 aromatic carbocycles. The second-order valence-electron chi connectivity index (χ2n) is 7.22. The average molecular weight is 374 g/mol. The van der Waals surface area contributed by atoms with Crippen molar-refractivity contribution in [1.82, 2.24) is 10.2 Å². The van der Waals surface area contributed by atoms with Gasteiger partial charge in [0.15, 0.2) is 0 Å². The highest BCUT2D eigenvalue weighted by atomic mass is 16.4. The van der Waals surface area contributed by atoms with E-state index in [9.17, 15) is 14.4 Å². The maximum atomic E-state index is 12.2. The van der Waals surface area contributed by atoms with E-state index in [4.69, 9.17) is 5.11 Å². The molecule has 3 amide bonds. The lowest BCUT2D eigenvalue weighted by atomic mass is 9.85. The number of hydrogen-bond donors (Lipinski definition) is 4. The molecule has 8 heteroatoms. The fourth-order valence-corrected chi connectivity index (χ4v) is 3.29. The SMILES string of the molecule is CCN(CC(=O)O)C1CC(NC(=O)Nc2cccc(NC(=O)C3CC3)c2)C1. The van der Waals surface area contributed by atoms with Crippen molar-refractivity contribution < 1.29 is 19.5 Å². The van der Waals surface area contributed by atoms with Crippen LogP contribution in [-0.2, 0) is 9.59 Å². The molecule has 0 radical (unpaired) electrons. The smallest absolute Gasteiger partial charge is 0.319 e. The van der Waals surface area contributed by atoms with Crippen LogP contribution in [0.3, 0.4) is 0 Å². The van der Waals surface area contributed by atoms with Gasteiger partial charge in [0.2, 0.25) is 5.91 Å². The molecule has 0 spiro atoms. The fourth-order valence-electron chi connectivity index (χ4n) is 3.29. The Morgan fingerprint density at radius 2 is 1.81 bits per heavy atom. The lowest BCUT2D eigenvalue weighted by molar-refractivity contribution is -0.139. The van der Waals surface area contributed by atoms with Crippen molar-refractivity contribution in [3.63, 3.8) is 0 Å². The minimum atomic E-state index is -0.834. The first-order valence-corrected chi connectivity index (χ1v) is 9.39. The number of carboxylic acid groups (broad SMARTS) is 1.